The van der Waals surface area contributed by atoms with Gasteiger partial charge in [0.05, 0.1) is 6.10 Å². The molecule has 4 nitrogen and oxygen atoms in total. The molecule has 0 unspecified atom stereocenters. The lowest BCUT2D eigenvalue weighted by atomic mass is 9.44. The van der Waals surface area contributed by atoms with Crippen molar-refractivity contribution < 1.29 is 5.11 Å². The highest BCUT2D eigenvalue weighted by molar-refractivity contribution is 5.10. The van der Waals surface area contributed by atoms with Gasteiger partial charge >= 0.3 is 0 Å². The van der Waals surface area contributed by atoms with Gasteiger partial charge in [-0.1, -0.05) is 25.9 Å². The van der Waals surface area contributed by atoms with Gasteiger partial charge in [0.15, 0.2) is 0 Å². The van der Waals surface area contributed by atoms with Gasteiger partial charge in [-0.2, -0.15) is 0 Å². The summed E-state index contributed by atoms with van der Waals surface area (Å²) in [6.07, 6.45) is 11.1. The fraction of sp³-hybridized carbons (Fsp3) is 1.00. The summed E-state index contributed by atoms with van der Waals surface area (Å²) >= 11 is 0. The Balaban J connectivity index is 1.59. The molecule has 25 heavy (non-hydrogen) atoms. The van der Waals surface area contributed by atoms with Gasteiger partial charge in [-0.25, -0.2) is 0 Å². The predicted molar refractivity (Wildman–Crippen MR) is 99.8 cm³/mol. The first-order chi connectivity index (χ1) is 11.9. The lowest BCUT2D eigenvalue weighted by Gasteiger charge is -2.61. The summed E-state index contributed by atoms with van der Waals surface area (Å²) < 4.78 is 0. The van der Waals surface area contributed by atoms with Crippen molar-refractivity contribution in [3.8, 4) is 0 Å². The summed E-state index contributed by atoms with van der Waals surface area (Å²) in [5, 5.41) is 14.2. The molecule has 0 heterocycles. The molecule has 4 fully saturated rings. The number of hydrogen-bond donors (Lipinski definition) is 1. The number of nitrogens with zero attached hydrogens (tertiary/aromatic N) is 3. The van der Waals surface area contributed by atoms with Crippen LogP contribution in [0, 0.1) is 40.4 Å². The molecule has 0 aromatic carbocycles. The van der Waals surface area contributed by atoms with E-state index in [-0.39, 0.29) is 12.1 Å². The SMILES string of the molecule is C[C@H](N=[N+]=[N-])[C@H]1CC[C@H]2[C@@H]3CC[C@@H]4C[C@H](O)CC[C@]4(C)[C@H]3CC[C@]12C. The summed E-state index contributed by atoms with van der Waals surface area (Å²) in [6.45, 7) is 7.19. The van der Waals surface area contributed by atoms with Crippen LogP contribution in [0.1, 0.15) is 78.6 Å². The molecule has 0 aliphatic heterocycles. The van der Waals surface area contributed by atoms with E-state index in [1.807, 2.05) is 0 Å². The largest absolute Gasteiger partial charge is 0.393 e. The Morgan fingerprint density at radius 1 is 1.00 bits per heavy atom. The van der Waals surface area contributed by atoms with E-state index < -0.39 is 0 Å². The van der Waals surface area contributed by atoms with Crippen LogP contribution in [0.2, 0.25) is 0 Å². The van der Waals surface area contributed by atoms with Gasteiger partial charge in [-0.15, -0.1) is 0 Å². The Labute approximate surface area is 152 Å². The lowest BCUT2D eigenvalue weighted by molar-refractivity contribution is -0.127. The Bertz CT molecular complexity index is 573. The van der Waals surface area contributed by atoms with Gasteiger partial charge in [0, 0.05) is 11.0 Å². The van der Waals surface area contributed by atoms with Crippen molar-refractivity contribution in [3.63, 3.8) is 0 Å². The minimum atomic E-state index is -0.0518. The normalized spacial score (nSPS) is 53.1. The average Bonchev–Trinajstić information content (AvgIpc) is 2.93. The van der Waals surface area contributed by atoms with Crippen LogP contribution in [0.5, 0.6) is 0 Å². The fourth-order valence-electron chi connectivity index (χ4n) is 8.23. The second kappa shape index (κ2) is 6.16. The second-order valence-corrected chi connectivity index (χ2v) is 10.3. The van der Waals surface area contributed by atoms with Crippen LogP contribution in [0.25, 0.3) is 10.4 Å². The smallest absolute Gasteiger partial charge is 0.0543 e. The van der Waals surface area contributed by atoms with E-state index in [0.717, 1.165) is 36.5 Å². The molecule has 0 bridgehead atoms. The molecule has 0 aromatic heterocycles. The summed E-state index contributed by atoms with van der Waals surface area (Å²) in [6, 6.07) is 0.133. The highest BCUT2D eigenvalue weighted by Gasteiger charge is 2.60. The quantitative estimate of drug-likeness (QED) is 0.389. The molecule has 9 atom stereocenters. The topological polar surface area (TPSA) is 69.0 Å². The second-order valence-electron chi connectivity index (χ2n) is 10.3. The highest BCUT2D eigenvalue weighted by atomic mass is 16.3. The summed E-state index contributed by atoms with van der Waals surface area (Å²) in [7, 11) is 0. The van der Waals surface area contributed by atoms with Crippen LogP contribution in [-0.2, 0) is 0 Å². The molecule has 4 rings (SSSR count). The van der Waals surface area contributed by atoms with E-state index in [9.17, 15) is 5.11 Å². The Morgan fingerprint density at radius 2 is 1.72 bits per heavy atom. The van der Waals surface area contributed by atoms with E-state index in [1.54, 1.807) is 0 Å². The fourth-order valence-corrected chi connectivity index (χ4v) is 8.23. The molecule has 1 N–H and O–H groups in total. The Hall–Kier alpha value is -0.730. The van der Waals surface area contributed by atoms with E-state index >= 15 is 0 Å². The predicted octanol–water partition coefficient (Wildman–Crippen LogP) is 5.71. The number of hydrogen-bond acceptors (Lipinski definition) is 2. The standard InChI is InChI=1S/C21H35N3O/c1-13(23-24-22)17-6-7-18-16-5-4-14-12-15(25)8-10-20(14,2)19(16)9-11-21(17,18)3/h13-19,25H,4-12H2,1-3H3/t13-,14+,15+,16-,17+,18-,19-,20-,21+/m0/s1. The zero-order chi connectivity index (χ0) is 17.8. The van der Waals surface area contributed by atoms with Crippen LogP contribution in [-0.4, -0.2) is 17.3 Å². The van der Waals surface area contributed by atoms with Crippen molar-refractivity contribution in [2.45, 2.75) is 90.7 Å². The number of rotatable bonds is 2. The minimum absolute atomic E-state index is 0.0518. The van der Waals surface area contributed by atoms with Crippen molar-refractivity contribution in [3.05, 3.63) is 10.4 Å². The molecule has 4 aliphatic rings. The first-order valence-electron chi connectivity index (χ1n) is 10.6. The molecular weight excluding hydrogens is 310 g/mol. The molecule has 0 amide bonds. The minimum Gasteiger partial charge on any atom is -0.393 e. The first kappa shape index (κ1) is 17.7. The van der Waals surface area contributed by atoms with E-state index in [0.29, 0.717) is 16.7 Å². The van der Waals surface area contributed by atoms with Crippen LogP contribution in [0.4, 0.5) is 0 Å². The first-order valence-corrected chi connectivity index (χ1v) is 10.6. The molecule has 4 saturated carbocycles. The highest BCUT2D eigenvalue weighted by Crippen LogP contribution is 2.67. The van der Waals surface area contributed by atoms with Crippen molar-refractivity contribution >= 4 is 0 Å². The Kier molecular flexibility index (Phi) is 4.36. The van der Waals surface area contributed by atoms with Gasteiger partial charge in [0.2, 0.25) is 0 Å². The maximum atomic E-state index is 10.2. The molecule has 140 valence electrons. The summed E-state index contributed by atoms with van der Waals surface area (Å²) in [5.41, 5.74) is 9.71. The molecule has 0 radical (unpaired) electrons. The van der Waals surface area contributed by atoms with Gasteiger partial charge in [0.25, 0.3) is 0 Å². The lowest BCUT2D eigenvalue weighted by Crippen LogP contribution is -2.54. The molecular formula is C21H35N3O. The summed E-state index contributed by atoms with van der Waals surface area (Å²) in [5.74, 6) is 3.83. The third-order valence-corrected chi connectivity index (χ3v) is 9.53. The molecule has 4 aliphatic carbocycles. The molecule has 0 saturated heterocycles. The number of aliphatic hydroxyl groups excluding tert-OH is 1. The molecule has 4 heteroatoms. The van der Waals surface area contributed by atoms with Gasteiger partial charge < -0.3 is 5.11 Å². The van der Waals surface area contributed by atoms with Crippen molar-refractivity contribution in [2.24, 2.45) is 45.5 Å². The van der Waals surface area contributed by atoms with E-state index in [4.69, 9.17) is 5.53 Å². The zero-order valence-corrected chi connectivity index (χ0v) is 16.2. The molecule has 0 aromatic rings. The maximum Gasteiger partial charge on any atom is 0.0543 e. The maximum absolute atomic E-state index is 10.2. The van der Waals surface area contributed by atoms with Crippen LogP contribution < -0.4 is 0 Å². The zero-order valence-electron chi connectivity index (χ0n) is 16.2. The van der Waals surface area contributed by atoms with Gasteiger partial charge in [-0.05, 0) is 104 Å². The number of aliphatic hydroxyl groups is 1. The van der Waals surface area contributed by atoms with E-state index in [2.05, 4.69) is 30.8 Å². The number of fused-ring (bicyclic) bond motifs is 5. The van der Waals surface area contributed by atoms with Crippen LogP contribution >= 0.6 is 0 Å². The van der Waals surface area contributed by atoms with Gasteiger partial charge in [-0.3, -0.25) is 0 Å². The third-order valence-electron chi connectivity index (χ3n) is 9.53. The van der Waals surface area contributed by atoms with Crippen LogP contribution in [0.15, 0.2) is 5.11 Å². The van der Waals surface area contributed by atoms with Gasteiger partial charge in [0.1, 0.15) is 0 Å². The van der Waals surface area contributed by atoms with Crippen molar-refractivity contribution in [1.29, 1.82) is 0 Å². The average molecular weight is 346 g/mol. The Morgan fingerprint density at radius 3 is 2.48 bits per heavy atom. The van der Waals surface area contributed by atoms with Crippen molar-refractivity contribution in [1.82, 2.24) is 0 Å². The number of azide groups is 1. The third kappa shape index (κ3) is 2.55. The van der Waals surface area contributed by atoms with Crippen LogP contribution in [0.3, 0.4) is 0 Å². The van der Waals surface area contributed by atoms with E-state index in [1.165, 1.54) is 44.9 Å². The summed E-state index contributed by atoms with van der Waals surface area (Å²) in [4.78, 5) is 3.10. The molecule has 0 spiro atoms. The monoisotopic (exact) mass is 345 g/mol. The van der Waals surface area contributed by atoms with Crippen molar-refractivity contribution in [2.75, 3.05) is 0 Å².